The van der Waals surface area contributed by atoms with Crippen molar-refractivity contribution in [3.05, 3.63) is 35.4 Å². The highest BCUT2D eigenvalue weighted by molar-refractivity contribution is 5.28. The van der Waals surface area contributed by atoms with Crippen molar-refractivity contribution < 1.29 is 14.9 Å². The molecule has 1 saturated carbocycles. The van der Waals surface area contributed by atoms with Gasteiger partial charge < -0.3 is 14.9 Å². The number of hydrogen-bond donors (Lipinski definition) is 2. The van der Waals surface area contributed by atoms with Crippen LogP contribution in [0.2, 0.25) is 0 Å². The van der Waals surface area contributed by atoms with Gasteiger partial charge in [0.1, 0.15) is 0 Å². The molecular formula is C17H24O3. The molecule has 1 aliphatic carbocycles. The first-order valence-corrected chi connectivity index (χ1v) is 7.80. The van der Waals surface area contributed by atoms with Crippen molar-refractivity contribution >= 4 is 0 Å². The Kier molecular flexibility index (Phi) is 4.39. The summed E-state index contributed by atoms with van der Waals surface area (Å²) in [4.78, 5) is 0. The van der Waals surface area contributed by atoms with Crippen LogP contribution in [0.4, 0.5) is 0 Å². The Morgan fingerprint density at radius 1 is 0.750 bits per heavy atom. The van der Waals surface area contributed by atoms with E-state index >= 15 is 0 Å². The van der Waals surface area contributed by atoms with Gasteiger partial charge in [0, 0.05) is 5.92 Å². The molecule has 1 heterocycles. The van der Waals surface area contributed by atoms with Gasteiger partial charge >= 0.3 is 0 Å². The molecular weight excluding hydrogens is 252 g/mol. The molecule has 0 spiro atoms. The summed E-state index contributed by atoms with van der Waals surface area (Å²) in [7, 11) is 0. The number of aliphatic hydroxyl groups excluding tert-OH is 2. The van der Waals surface area contributed by atoms with E-state index in [1.165, 1.54) is 11.1 Å². The molecule has 2 N–H and O–H groups in total. The Morgan fingerprint density at radius 3 is 1.85 bits per heavy atom. The second-order valence-corrected chi connectivity index (χ2v) is 6.23. The number of benzene rings is 1. The summed E-state index contributed by atoms with van der Waals surface area (Å²) in [5, 5.41) is 18.9. The van der Waals surface area contributed by atoms with Crippen LogP contribution >= 0.6 is 0 Å². The van der Waals surface area contributed by atoms with Gasteiger partial charge in [0.25, 0.3) is 0 Å². The van der Waals surface area contributed by atoms with Crippen LogP contribution < -0.4 is 0 Å². The predicted molar refractivity (Wildman–Crippen MR) is 77.6 cm³/mol. The third-order valence-corrected chi connectivity index (χ3v) is 4.83. The van der Waals surface area contributed by atoms with Crippen LogP contribution in [-0.4, -0.2) is 29.2 Å². The minimum Gasteiger partial charge on any atom is -0.393 e. The lowest BCUT2D eigenvalue weighted by Gasteiger charge is -2.28. The molecule has 110 valence electrons. The van der Waals surface area contributed by atoms with E-state index in [2.05, 4.69) is 24.3 Å². The lowest BCUT2D eigenvalue weighted by molar-refractivity contribution is -0.129. The lowest BCUT2D eigenvalue weighted by Crippen LogP contribution is -2.24. The first-order chi connectivity index (χ1) is 9.72. The van der Waals surface area contributed by atoms with E-state index in [1.54, 1.807) is 0 Å². The standard InChI is InChI=1S/C17H24O3/c18-16-8-5-13(6-9-16)12-1-3-14(4-2-12)15-7-10-17(19)20-11-15/h1-4,13,15-19H,5-11H2. The molecule has 3 nitrogen and oxygen atoms in total. The Bertz CT molecular complexity index is 371. The monoisotopic (exact) mass is 276 g/mol. The topological polar surface area (TPSA) is 49.7 Å². The van der Waals surface area contributed by atoms with Gasteiger partial charge in [-0.3, -0.25) is 0 Å². The fourth-order valence-electron chi connectivity index (χ4n) is 3.45. The largest absolute Gasteiger partial charge is 0.393 e. The number of hydrogen-bond acceptors (Lipinski definition) is 3. The SMILES string of the molecule is OC1CCC(c2ccc(C3CCC(O)OC3)cc2)CC1. The van der Waals surface area contributed by atoms with E-state index in [1.807, 2.05) is 0 Å². The van der Waals surface area contributed by atoms with Gasteiger partial charge in [-0.1, -0.05) is 24.3 Å². The zero-order valence-electron chi connectivity index (χ0n) is 11.9. The van der Waals surface area contributed by atoms with Gasteiger partial charge in [-0.25, -0.2) is 0 Å². The summed E-state index contributed by atoms with van der Waals surface area (Å²) >= 11 is 0. The molecule has 3 rings (SSSR count). The van der Waals surface area contributed by atoms with Gasteiger partial charge in [0.15, 0.2) is 6.29 Å². The second kappa shape index (κ2) is 6.25. The highest BCUT2D eigenvalue weighted by Crippen LogP contribution is 2.34. The summed E-state index contributed by atoms with van der Waals surface area (Å²) in [6.45, 7) is 0.621. The Labute approximate surface area is 120 Å². The molecule has 2 aliphatic rings. The van der Waals surface area contributed by atoms with Gasteiger partial charge in [-0.2, -0.15) is 0 Å². The molecule has 1 aromatic carbocycles. The molecule has 0 aromatic heterocycles. The molecule has 0 bridgehead atoms. The molecule has 1 aliphatic heterocycles. The van der Waals surface area contributed by atoms with Crippen LogP contribution in [0.5, 0.6) is 0 Å². The number of aliphatic hydroxyl groups is 2. The summed E-state index contributed by atoms with van der Waals surface area (Å²) < 4.78 is 5.33. The molecule has 2 atom stereocenters. The smallest absolute Gasteiger partial charge is 0.154 e. The first-order valence-electron chi connectivity index (χ1n) is 7.80. The fraction of sp³-hybridized carbons (Fsp3) is 0.647. The van der Waals surface area contributed by atoms with Crippen molar-refractivity contribution in [1.29, 1.82) is 0 Å². The quantitative estimate of drug-likeness (QED) is 0.873. The van der Waals surface area contributed by atoms with Crippen molar-refractivity contribution in [2.24, 2.45) is 0 Å². The Morgan fingerprint density at radius 2 is 1.30 bits per heavy atom. The summed E-state index contributed by atoms with van der Waals surface area (Å²) in [6, 6.07) is 8.91. The van der Waals surface area contributed by atoms with Crippen molar-refractivity contribution in [3.63, 3.8) is 0 Å². The highest BCUT2D eigenvalue weighted by atomic mass is 16.6. The van der Waals surface area contributed by atoms with Crippen LogP contribution in [0.1, 0.15) is 61.5 Å². The zero-order chi connectivity index (χ0) is 13.9. The van der Waals surface area contributed by atoms with E-state index in [0.29, 0.717) is 18.4 Å². The van der Waals surface area contributed by atoms with Crippen molar-refractivity contribution in [2.45, 2.75) is 62.8 Å². The normalized spacial score (nSPS) is 34.9. The molecule has 2 fully saturated rings. The van der Waals surface area contributed by atoms with E-state index in [0.717, 1.165) is 38.5 Å². The van der Waals surface area contributed by atoms with Gasteiger partial charge in [0.2, 0.25) is 0 Å². The summed E-state index contributed by atoms with van der Waals surface area (Å²) in [5.74, 6) is 1.03. The third-order valence-electron chi connectivity index (χ3n) is 4.83. The average molecular weight is 276 g/mol. The average Bonchev–Trinajstić information content (AvgIpc) is 2.49. The van der Waals surface area contributed by atoms with Crippen LogP contribution in [0.15, 0.2) is 24.3 Å². The van der Waals surface area contributed by atoms with E-state index in [4.69, 9.17) is 4.74 Å². The molecule has 1 aromatic rings. The second-order valence-electron chi connectivity index (χ2n) is 6.23. The third kappa shape index (κ3) is 3.22. The molecule has 20 heavy (non-hydrogen) atoms. The van der Waals surface area contributed by atoms with Crippen LogP contribution in [-0.2, 0) is 4.74 Å². The molecule has 1 saturated heterocycles. The molecule has 2 unspecified atom stereocenters. The maximum Gasteiger partial charge on any atom is 0.154 e. The maximum atomic E-state index is 9.58. The summed E-state index contributed by atoms with van der Waals surface area (Å²) in [5.41, 5.74) is 2.72. The van der Waals surface area contributed by atoms with Gasteiger partial charge in [0.05, 0.1) is 12.7 Å². The number of ether oxygens (including phenoxy) is 1. The minimum absolute atomic E-state index is 0.0867. The van der Waals surface area contributed by atoms with E-state index < -0.39 is 6.29 Å². The van der Waals surface area contributed by atoms with Gasteiger partial charge in [-0.05, 0) is 55.6 Å². The van der Waals surface area contributed by atoms with Crippen molar-refractivity contribution in [3.8, 4) is 0 Å². The van der Waals surface area contributed by atoms with Crippen molar-refractivity contribution in [2.75, 3.05) is 6.61 Å². The Balaban J connectivity index is 1.62. The minimum atomic E-state index is -0.570. The first kappa shape index (κ1) is 14.1. The highest BCUT2D eigenvalue weighted by Gasteiger charge is 2.23. The van der Waals surface area contributed by atoms with E-state index in [-0.39, 0.29) is 6.10 Å². The van der Waals surface area contributed by atoms with Crippen LogP contribution in [0.3, 0.4) is 0 Å². The van der Waals surface area contributed by atoms with Crippen LogP contribution in [0.25, 0.3) is 0 Å². The van der Waals surface area contributed by atoms with E-state index in [9.17, 15) is 10.2 Å². The van der Waals surface area contributed by atoms with Gasteiger partial charge in [-0.15, -0.1) is 0 Å². The molecule has 3 heteroatoms. The fourth-order valence-corrected chi connectivity index (χ4v) is 3.45. The maximum absolute atomic E-state index is 9.58. The van der Waals surface area contributed by atoms with Crippen molar-refractivity contribution in [1.82, 2.24) is 0 Å². The lowest BCUT2D eigenvalue weighted by atomic mass is 9.82. The zero-order valence-corrected chi connectivity index (χ0v) is 11.9. The Hall–Kier alpha value is -0.900. The summed E-state index contributed by atoms with van der Waals surface area (Å²) in [6.07, 6.45) is 5.12. The predicted octanol–water partition coefficient (Wildman–Crippen LogP) is 2.92. The van der Waals surface area contributed by atoms with Crippen LogP contribution in [0, 0.1) is 0 Å². The molecule has 0 amide bonds. The number of rotatable bonds is 2. The molecule has 0 radical (unpaired) electrons.